The van der Waals surface area contributed by atoms with E-state index in [0.717, 1.165) is 11.3 Å². The van der Waals surface area contributed by atoms with Crippen LogP contribution >= 0.6 is 23.2 Å². The Morgan fingerprint density at radius 3 is 2.63 bits per heavy atom. The molecule has 3 rings (SSSR count). The highest BCUT2D eigenvalue weighted by Gasteiger charge is 2.22. The van der Waals surface area contributed by atoms with E-state index in [4.69, 9.17) is 28.9 Å². The molecule has 3 N–H and O–H groups in total. The van der Waals surface area contributed by atoms with Crippen LogP contribution in [-0.4, -0.2) is 39.6 Å². The van der Waals surface area contributed by atoms with Gasteiger partial charge >= 0.3 is 0 Å². The monoisotopic (exact) mass is 406 g/mol. The van der Waals surface area contributed by atoms with Crippen LogP contribution in [0.1, 0.15) is 11.3 Å². The Morgan fingerprint density at radius 2 is 2.04 bits per heavy atom. The molecule has 0 aliphatic carbocycles. The van der Waals surface area contributed by atoms with E-state index >= 15 is 0 Å². The lowest BCUT2D eigenvalue weighted by molar-refractivity contribution is -0.129. The first-order valence-electron chi connectivity index (χ1n) is 8.31. The average Bonchev–Trinajstić information content (AvgIpc) is 2.89. The van der Waals surface area contributed by atoms with Crippen molar-refractivity contribution in [2.24, 2.45) is 5.73 Å². The standard InChI is InChI=1S/C19H20Cl2N4O2/c1-10-13(7-22)17(12-5-4-11(20)6-14(12)21)18-15(23-10)8-25(19(18)27)9-16(26)24(2)3/h4-6,8,27H,7,9,22H2,1-3H3. The van der Waals surface area contributed by atoms with Crippen LogP contribution in [0, 0.1) is 6.92 Å². The van der Waals surface area contributed by atoms with E-state index in [-0.39, 0.29) is 24.9 Å². The fourth-order valence-corrected chi connectivity index (χ4v) is 3.59. The van der Waals surface area contributed by atoms with Gasteiger partial charge < -0.3 is 20.3 Å². The molecule has 1 amide bonds. The van der Waals surface area contributed by atoms with Crippen molar-refractivity contribution in [2.45, 2.75) is 20.0 Å². The van der Waals surface area contributed by atoms with Gasteiger partial charge in [0.2, 0.25) is 11.8 Å². The number of rotatable bonds is 4. The molecule has 27 heavy (non-hydrogen) atoms. The van der Waals surface area contributed by atoms with E-state index in [1.165, 1.54) is 9.47 Å². The summed E-state index contributed by atoms with van der Waals surface area (Å²) in [6.07, 6.45) is 1.66. The number of aryl methyl sites for hydroxylation is 1. The fourth-order valence-electron chi connectivity index (χ4n) is 3.08. The first-order valence-corrected chi connectivity index (χ1v) is 9.07. The number of nitrogens with zero attached hydrogens (tertiary/aromatic N) is 3. The third-order valence-electron chi connectivity index (χ3n) is 4.52. The van der Waals surface area contributed by atoms with Crippen molar-refractivity contribution >= 4 is 40.0 Å². The zero-order chi connectivity index (χ0) is 19.9. The van der Waals surface area contributed by atoms with Gasteiger partial charge in [0.25, 0.3) is 0 Å². The molecule has 0 saturated carbocycles. The Kier molecular flexibility index (Phi) is 5.33. The molecule has 0 aliphatic heterocycles. The Balaban J connectivity index is 2.33. The second kappa shape index (κ2) is 7.38. The highest BCUT2D eigenvalue weighted by Crippen LogP contribution is 2.42. The van der Waals surface area contributed by atoms with Gasteiger partial charge in [-0.1, -0.05) is 29.3 Å². The summed E-state index contributed by atoms with van der Waals surface area (Å²) in [5.41, 5.74) is 9.46. The topological polar surface area (TPSA) is 84.4 Å². The van der Waals surface area contributed by atoms with Gasteiger partial charge in [-0.05, 0) is 24.6 Å². The highest BCUT2D eigenvalue weighted by atomic mass is 35.5. The van der Waals surface area contributed by atoms with Crippen molar-refractivity contribution in [3.63, 3.8) is 0 Å². The summed E-state index contributed by atoms with van der Waals surface area (Å²) in [5, 5.41) is 12.3. The Labute approximate surface area is 167 Å². The molecule has 0 saturated heterocycles. The molecule has 0 radical (unpaired) electrons. The van der Waals surface area contributed by atoms with Crippen molar-refractivity contribution in [1.29, 1.82) is 0 Å². The van der Waals surface area contributed by atoms with Crippen LogP contribution < -0.4 is 5.73 Å². The van der Waals surface area contributed by atoms with E-state index in [1.54, 1.807) is 38.5 Å². The minimum absolute atomic E-state index is 0.0000107. The van der Waals surface area contributed by atoms with E-state index in [0.29, 0.717) is 32.1 Å². The third-order valence-corrected chi connectivity index (χ3v) is 5.06. The fraction of sp³-hybridized carbons (Fsp3) is 0.263. The molecule has 2 heterocycles. The minimum Gasteiger partial charge on any atom is -0.494 e. The number of aromatic hydroxyl groups is 1. The van der Waals surface area contributed by atoms with Crippen LogP contribution in [-0.2, 0) is 17.9 Å². The molecule has 0 fully saturated rings. The Bertz CT molecular complexity index is 1040. The summed E-state index contributed by atoms with van der Waals surface area (Å²) in [5.74, 6) is -0.198. The molecule has 1 aromatic carbocycles. The van der Waals surface area contributed by atoms with Gasteiger partial charge in [-0.2, -0.15) is 0 Å². The molecule has 6 nitrogen and oxygen atoms in total. The van der Waals surface area contributed by atoms with E-state index in [9.17, 15) is 9.90 Å². The van der Waals surface area contributed by atoms with Crippen LogP contribution in [0.25, 0.3) is 22.0 Å². The quantitative estimate of drug-likeness (QED) is 0.693. The van der Waals surface area contributed by atoms with E-state index in [2.05, 4.69) is 4.98 Å². The van der Waals surface area contributed by atoms with Crippen LogP contribution in [0.3, 0.4) is 0 Å². The number of likely N-dealkylation sites (N-methyl/N-ethyl adjacent to an activating group) is 1. The molecule has 0 unspecified atom stereocenters. The number of carbonyl (C=O) groups excluding carboxylic acids is 1. The van der Waals surface area contributed by atoms with Gasteiger partial charge in [-0.25, -0.2) is 0 Å². The number of aromatic nitrogens is 2. The van der Waals surface area contributed by atoms with Gasteiger partial charge in [0, 0.05) is 53.7 Å². The van der Waals surface area contributed by atoms with Gasteiger partial charge in [0.1, 0.15) is 6.54 Å². The van der Waals surface area contributed by atoms with Gasteiger partial charge in [-0.15, -0.1) is 0 Å². The van der Waals surface area contributed by atoms with Crippen LogP contribution in [0.5, 0.6) is 5.88 Å². The second-order valence-electron chi connectivity index (χ2n) is 6.51. The maximum Gasteiger partial charge on any atom is 0.242 e. The largest absolute Gasteiger partial charge is 0.494 e. The first-order chi connectivity index (χ1) is 12.7. The van der Waals surface area contributed by atoms with Crippen molar-refractivity contribution in [2.75, 3.05) is 14.1 Å². The lowest BCUT2D eigenvalue weighted by Crippen LogP contribution is -2.25. The SMILES string of the molecule is Cc1nc2cn(CC(=O)N(C)C)c(O)c2c(-c2ccc(Cl)cc2Cl)c1CN. The zero-order valence-corrected chi connectivity index (χ0v) is 16.8. The molecule has 3 aromatic rings. The van der Waals surface area contributed by atoms with Crippen molar-refractivity contribution in [1.82, 2.24) is 14.5 Å². The van der Waals surface area contributed by atoms with Crippen LogP contribution in [0.2, 0.25) is 10.0 Å². The maximum absolute atomic E-state index is 12.1. The molecule has 0 spiro atoms. The van der Waals surface area contributed by atoms with Crippen molar-refractivity contribution < 1.29 is 9.90 Å². The molecule has 2 aromatic heterocycles. The maximum atomic E-state index is 12.1. The summed E-state index contributed by atoms with van der Waals surface area (Å²) < 4.78 is 1.48. The van der Waals surface area contributed by atoms with Gasteiger partial charge in [0.05, 0.1) is 10.9 Å². The van der Waals surface area contributed by atoms with E-state index in [1.807, 2.05) is 6.92 Å². The number of fused-ring (bicyclic) bond motifs is 1. The van der Waals surface area contributed by atoms with Crippen molar-refractivity contribution in [3.05, 3.63) is 45.7 Å². The molecule has 8 heteroatoms. The summed E-state index contributed by atoms with van der Waals surface area (Å²) in [4.78, 5) is 18.1. The Morgan fingerprint density at radius 1 is 1.33 bits per heavy atom. The molecular formula is C19H20Cl2N4O2. The molecule has 0 bridgehead atoms. The molecule has 0 atom stereocenters. The van der Waals surface area contributed by atoms with E-state index < -0.39 is 0 Å². The van der Waals surface area contributed by atoms with Gasteiger partial charge in [-0.3, -0.25) is 9.78 Å². The molecule has 0 aliphatic rings. The predicted molar refractivity (Wildman–Crippen MR) is 108 cm³/mol. The molecular weight excluding hydrogens is 387 g/mol. The predicted octanol–water partition coefficient (Wildman–Crippen LogP) is 3.57. The average molecular weight is 407 g/mol. The van der Waals surface area contributed by atoms with Crippen LogP contribution in [0.15, 0.2) is 24.4 Å². The third kappa shape index (κ3) is 3.48. The Hall–Kier alpha value is -2.28. The second-order valence-corrected chi connectivity index (χ2v) is 7.35. The van der Waals surface area contributed by atoms with Gasteiger partial charge in [0.15, 0.2) is 0 Å². The highest BCUT2D eigenvalue weighted by molar-refractivity contribution is 6.36. The summed E-state index contributed by atoms with van der Waals surface area (Å²) in [6.45, 7) is 2.08. The number of benzene rings is 1. The van der Waals surface area contributed by atoms with Crippen LogP contribution in [0.4, 0.5) is 0 Å². The number of pyridine rings is 1. The number of carbonyl (C=O) groups is 1. The zero-order valence-electron chi connectivity index (χ0n) is 15.3. The normalized spacial score (nSPS) is 11.2. The number of hydrogen-bond donors (Lipinski definition) is 2. The summed E-state index contributed by atoms with van der Waals surface area (Å²) in [7, 11) is 3.33. The minimum atomic E-state index is -0.146. The smallest absolute Gasteiger partial charge is 0.242 e. The number of nitrogens with two attached hydrogens (primary N) is 1. The summed E-state index contributed by atoms with van der Waals surface area (Å²) in [6, 6.07) is 5.16. The van der Waals surface area contributed by atoms with Crippen molar-refractivity contribution in [3.8, 4) is 17.0 Å². The summed E-state index contributed by atoms with van der Waals surface area (Å²) >= 11 is 12.5. The lowest BCUT2D eigenvalue weighted by atomic mass is 9.95. The number of hydrogen-bond acceptors (Lipinski definition) is 4. The number of amides is 1. The molecule has 142 valence electrons. The number of halogens is 2. The first kappa shape index (κ1) is 19.5. The lowest BCUT2D eigenvalue weighted by Gasteiger charge is -2.15.